The van der Waals surface area contributed by atoms with E-state index in [4.69, 9.17) is 28.3 Å². The largest absolute Gasteiger partial charge is 0.481 e. The second-order valence-electron chi connectivity index (χ2n) is 4.18. The first-order valence-electron chi connectivity index (χ1n) is 5.84. The summed E-state index contributed by atoms with van der Waals surface area (Å²) in [5, 5.41) is 14.1. The third-order valence-corrected chi connectivity index (χ3v) is 3.89. The molecule has 0 saturated carbocycles. The quantitative estimate of drug-likeness (QED) is 0.872. The first-order valence-corrected chi connectivity index (χ1v) is 7.47. The fourth-order valence-corrected chi connectivity index (χ4v) is 2.80. The van der Waals surface area contributed by atoms with Gasteiger partial charge in [0.2, 0.25) is 5.91 Å². The maximum Gasteiger partial charge on any atom is 0.309 e. The molecule has 2 aromatic rings. The minimum absolute atomic E-state index is 0.0871. The average Bonchev–Trinajstić information content (AvgIpc) is 2.79. The number of hydrogen-bond acceptors (Lipinski definition) is 4. The Kier molecular flexibility index (Phi) is 5.17. The van der Waals surface area contributed by atoms with Crippen LogP contribution in [0.25, 0.3) is 0 Å². The van der Waals surface area contributed by atoms with Crippen LogP contribution in [0, 0.1) is 0 Å². The summed E-state index contributed by atoms with van der Waals surface area (Å²) in [5.74, 6) is -1.25. The fraction of sp³-hybridized carbons (Fsp3) is 0.154. The molecule has 0 fully saturated rings. The van der Waals surface area contributed by atoms with Crippen LogP contribution in [0.15, 0.2) is 23.6 Å². The summed E-state index contributed by atoms with van der Waals surface area (Å²) in [6, 6.07) is 4.91. The number of benzene rings is 1. The van der Waals surface area contributed by atoms with E-state index in [-0.39, 0.29) is 18.7 Å². The van der Waals surface area contributed by atoms with Crippen LogP contribution >= 0.6 is 34.5 Å². The predicted molar refractivity (Wildman–Crippen MR) is 82.2 cm³/mol. The molecule has 1 heterocycles. The molecule has 0 bridgehead atoms. The van der Waals surface area contributed by atoms with Crippen LogP contribution in [-0.2, 0) is 22.4 Å². The number of carbonyl (C=O) groups is 2. The Balaban J connectivity index is 1.98. The highest BCUT2D eigenvalue weighted by atomic mass is 35.5. The number of carboxylic acids is 1. The van der Waals surface area contributed by atoms with E-state index in [9.17, 15) is 9.59 Å². The lowest BCUT2D eigenvalue weighted by Gasteiger charge is -2.04. The predicted octanol–water partition coefficient (Wildman–Crippen LogP) is 3.26. The number of amides is 1. The van der Waals surface area contributed by atoms with Crippen molar-refractivity contribution >= 4 is 51.5 Å². The van der Waals surface area contributed by atoms with Gasteiger partial charge in [-0.3, -0.25) is 9.59 Å². The molecule has 0 aliphatic rings. The van der Waals surface area contributed by atoms with Crippen molar-refractivity contribution in [3.63, 3.8) is 0 Å². The zero-order valence-electron chi connectivity index (χ0n) is 10.6. The molecule has 2 N–H and O–H groups in total. The first kappa shape index (κ1) is 15.8. The Labute approximate surface area is 134 Å². The van der Waals surface area contributed by atoms with E-state index in [2.05, 4.69) is 10.3 Å². The molecule has 0 aliphatic carbocycles. The van der Waals surface area contributed by atoms with Gasteiger partial charge in [-0.2, -0.15) is 0 Å². The van der Waals surface area contributed by atoms with E-state index in [0.29, 0.717) is 26.4 Å². The lowest BCUT2D eigenvalue weighted by atomic mass is 10.1. The van der Waals surface area contributed by atoms with E-state index >= 15 is 0 Å². The van der Waals surface area contributed by atoms with Crippen molar-refractivity contribution in [1.82, 2.24) is 4.98 Å². The van der Waals surface area contributed by atoms with Crippen molar-refractivity contribution in [1.29, 1.82) is 0 Å². The Morgan fingerprint density at radius 2 is 2.05 bits per heavy atom. The second-order valence-corrected chi connectivity index (χ2v) is 5.88. The molecule has 2 rings (SSSR count). The van der Waals surface area contributed by atoms with Gasteiger partial charge in [-0.05, 0) is 17.7 Å². The molecule has 1 aromatic carbocycles. The molecule has 0 atom stereocenters. The van der Waals surface area contributed by atoms with Crippen molar-refractivity contribution in [3.8, 4) is 0 Å². The van der Waals surface area contributed by atoms with Gasteiger partial charge >= 0.3 is 5.97 Å². The molecule has 0 unspecified atom stereocenters. The molecule has 1 aromatic heterocycles. The van der Waals surface area contributed by atoms with Gasteiger partial charge < -0.3 is 10.4 Å². The maximum absolute atomic E-state index is 11.9. The molecule has 5 nitrogen and oxygen atoms in total. The summed E-state index contributed by atoms with van der Waals surface area (Å²) in [6.07, 6.45) is -0.0841. The number of rotatable bonds is 5. The number of hydrogen-bond donors (Lipinski definition) is 2. The van der Waals surface area contributed by atoms with Crippen LogP contribution in [0.2, 0.25) is 10.0 Å². The number of carboxylic acid groups (broad SMARTS) is 1. The van der Waals surface area contributed by atoms with Crippen LogP contribution < -0.4 is 5.32 Å². The molecule has 0 saturated heterocycles. The number of nitrogens with zero attached hydrogens (tertiary/aromatic N) is 1. The zero-order valence-corrected chi connectivity index (χ0v) is 12.9. The number of halogens is 2. The van der Waals surface area contributed by atoms with E-state index < -0.39 is 5.97 Å². The summed E-state index contributed by atoms with van der Waals surface area (Å²) < 4.78 is 0. The molecule has 0 aliphatic heterocycles. The normalized spacial score (nSPS) is 10.4. The van der Waals surface area contributed by atoms with Crippen molar-refractivity contribution in [2.45, 2.75) is 12.8 Å². The topological polar surface area (TPSA) is 79.3 Å². The Bertz CT molecular complexity index is 688. The molecule has 0 spiro atoms. The van der Waals surface area contributed by atoms with E-state index in [1.165, 1.54) is 11.3 Å². The van der Waals surface area contributed by atoms with Gasteiger partial charge in [0, 0.05) is 15.4 Å². The summed E-state index contributed by atoms with van der Waals surface area (Å²) in [4.78, 5) is 26.5. The van der Waals surface area contributed by atoms with E-state index in [0.717, 1.165) is 0 Å². The summed E-state index contributed by atoms with van der Waals surface area (Å²) in [6.45, 7) is 0. The minimum Gasteiger partial charge on any atom is -0.481 e. The highest BCUT2D eigenvalue weighted by Gasteiger charge is 2.11. The number of anilines is 1. The second kappa shape index (κ2) is 6.89. The highest BCUT2D eigenvalue weighted by molar-refractivity contribution is 7.13. The molecular weight excluding hydrogens is 335 g/mol. The standard InChI is InChI=1S/C13H10Cl2N2O3S/c14-8-2-1-7(10(15)4-8)3-11(18)17-13-16-9(6-21-13)5-12(19)20/h1-2,4,6H,3,5H2,(H,19,20)(H,16,17,18). The minimum atomic E-state index is -0.967. The third kappa shape index (κ3) is 4.70. The molecule has 0 radical (unpaired) electrons. The monoisotopic (exact) mass is 344 g/mol. The number of aliphatic carboxylic acids is 1. The number of nitrogens with one attached hydrogen (secondary N) is 1. The number of carbonyl (C=O) groups excluding carboxylic acids is 1. The lowest BCUT2D eigenvalue weighted by Crippen LogP contribution is -2.14. The van der Waals surface area contributed by atoms with Crippen molar-refractivity contribution in [2.24, 2.45) is 0 Å². The van der Waals surface area contributed by atoms with Gasteiger partial charge in [0.15, 0.2) is 5.13 Å². The Hall–Kier alpha value is -1.63. The van der Waals surface area contributed by atoms with Gasteiger partial charge in [0.25, 0.3) is 0 Å². The first-order chi connectivity index (χ1) is 9.94. The fourth-order valence-electron chi connectivity index (χ4n) is 1.60. The van der Waals surface area contributed by atoms with Crippen LogP contribution in [-0.4, -0.2) is 22.0 Å². The third-order valence-electron chi connectivity index (χ3n) is 2.50. The summed E-state index contributed by atoms with van der Waals surface area (Å²) >= 11 is 13.0. The smallest absolute Gasteiger partial charge is 0.309 e. The Morgan fingerprint density at radius 3 is 2.71 bits per heavy atom. The molecule has 1 amide bonds. The average molecular weight is 345 g/mol. The molecule has 21 heavy (non-hydrogen) atoms. The summed E-state index contributed by atoms with van der Waals surface area (Å²) in [5.41, 5.74) is 1.06. The van der Waals surface area contributed by atoms with Gasteiger partial charge in [0.05, 0.1) is 18.5 Å². The van der Waals surface area contributed by atoms with Crippen molar-refractivity contribution in [3.05, 3.63) is 44.9 Å². The van der Waals surface area contributed by atoms with E-state index in [1.807, 2.05) is 0 Å². The van der Waals surface area contributed by atoms with Crippen LogP contribution in [0.1, 0.15) is 11.3 Å². The van der Waals surface area contributed by atoms with Crippen molar-refractivity contribution < 1.29 is 14.7 Å². The summed E-state index contributed by atoms with van der Waals surface area (Å²) in [7, 11) is 0. The van der Waals surface area contributed by atoms with E-state index in [1.54, 1.807) is 23.6 Å². The van der Waals surface area contributed by atoms with Gasteiger partial charge in [-0.15, -0.1) is 11.3 Å². The Morgan fingerprint density at radius 1 is 1.29 bits per heavy atom. The number of aromatic nitrogens is 1. The van der Waals surface area contributed by atoms with Crippen LogP contribution in [0.5, 0.6) is 0 Å². The van der Waals surface area contributed by atoms with Crippen LogP contribution in [0.4, 0.5) is 5.13 Å². The lowest BCUT2D eigenvalue weighted by molar-refractivity contribution is -0.136. The maximum atomic E-state index is 11.9. The van der Waals surface area contributed by atoms with Crippen molar-refractivity contribution in [2.75, 3.05) is 5.32 Å². The zero-order chi connectivity index (χ0) is 15.4. The highest BCUT2D eigenvalue weighted by Crippen LogP contribution is 2.22. The molecule has 110 valence electrons. The molecule has 8 heteroatoms. The van der Waals surface area contributed by atoms with Gasteiger partial charge in [0.1, 0.15) is 0 Å². The van der Waals surface area contributed by atoms with Crippen LogP contribution in [0.3, 0.4) is 0 Å². The van der Waals surface area contributed by atoms with Gasteiger partial charge in [-0.1, -0.05) is 29.3 Å². The number of thiazole rings is 1. The SMILES string of the molecule is O=C(O)Cc1csc(NC(=O)Cc2ccc(Cl)cc2Cl)n1. The molecular formula is C13H10Cl2N2O3S. The van der Waals surface area contributed by atoms with Gasteiger partial charge in [-0.25, -0.2) is 4.98 Å².